The highest BCUT2D eigenvalue weighted by Crippen LogP contribution is 2.28. The number of hydrogen-bond donors (Lipinski definition) is 2. The van der Waals surface area contributed by atoms with Crippen molar-refractivity contribution in [2.45, 2.75) is 37.8 Å². The van der Waals surface area contributed by atoms with E-state index in [-0.39, 0.29) is 17.7 Å². The Balaban J connectivity index is 1.71. The Bertz CT molecular complexity index is 542. The van der Waals surface area contributed by atoms with Gasteiger partial charge < -0.3 is 11.1 Å². The molecule has 5 heteroatoms. The fourth-order valence-corrected chi connectivity index (χ4v) is 3.19. The lowest BCUT2D eigenvalue weighted by atomic mass is 9.93. The predicted octanol–water partition coefficient (Wildman–Crippen LogP) is 1.20. The monoisotopic (exact) mass is 301 g/mol. The number of primary amides is 1. The Hall–Kier alpha value is -1.88. The lowest BCUT2D eigenvalue weighted by Gasteiger charge is -2.36. The summed E-state index contributed by atoms with van der Waals surface area (Å²) in [7, 11) is 0. The average Bonchev–Trinajstić information content (AvgIpc) is 3.32. The molecule has 1 saturated heterocycles. The number of likely N-dealkylation sites (tertiary alicyclic amines) is 1. The summed E-state index contributed by atoms with van der Waals surface area (Å²) in [5.74, 6) is -0.266. The first-order valence-electron chi connectivity index (χ1n) is 8.04. The van der Waals surface area contributed by atoms with Crippen LogP contribution in [-0.4, -0.2) is 35.8 Å². The van der Waals surface area contributed by atoms with Gasteiger partial charge in [0.15, 0.2) is 0 Å². The van der Waals surface area contributed by atoms with E-state index in [2.05, 4.69) is 10.2 Å². The number of benzene rings is 1. The van der Waals surface area contributed by atoms with Gasteiger partial charge >= 0.3 is 0 Å². The molecule has 3 N–H and O–H groups in total. The highest BCUT2D eigenvalue weighted by molar-refractivity contribution is 5.82. The van der Waals surface area contributed by atoms with Crippen molar-refractivity contribution in [1.29, 1.82) is 0 Å². The van der Waals surface area contributed by atoms with Crippen LogP contribution in [0.1, 0.15) is 37.3 Å². The molecule has 0 spiro atoms. The number of nitrogens with two attached hydrogens (primary N) is 1. The number of nitrogens with one attached hydrogen (secondary N) is 1. The van der Waals surface area contributed by atoms with Gasteiger partial charge in [-0.2, -0.15) is 0 Å². The van der Waals surface area contributed by atoms with Crippen LogP contribution < -0.4 is 11.1 Å². The third-order valence-electron chi connectivity index (χ3n) is 4.50. The fraction of sp³-hybridized carbons (Fsp3) is 0.529. The van der Waals surface area contributed by atoms with E-state index < -0.39 is 6.04 Å². The van der Waals surface area contributed by atoms with Crippen molar-refractivity contribution in [2.75, 3.05) is 13.1 Å². The topological polar surface area (TPSA) is 75.4 Å². The molecule has 2 unspecified atom stereocenters. The maximum atomic E-state index is 12.3. The van der Waals surface area contributed by atoms with Crippen LogP contribution in [-0.2, 0) is 9.59 Å². The quantitative estimate of drug-likeness (QED) is 0.858. The molecule has 1 saturated carbocycles. The van der Waals surface area contributed by atoms with Crippen molar-refractivity contribution >= 4 is 11.8 Å². The van der Waals surface area contributed by atoms with Crippen molar-refractivity contribution in [3.8, 4) is 0 Å². The zero-order chi connectivity index (χ0) is 15.5. The van der Waals surface area contributed by atoms with E-state index >= 15 is 0 Å². The third-order valence-corrected chi connectivity index (χ3v) is 4.50. The average molecular weight is 301 g/mol. The molecule has 1 aliphatic heterocycles. The summed E-state index contributed by atoms with van der Waals surface area (Å²) in [6.45, 7) is 1.40. The minimum Gasteiger partial charge on any atom is -0.368 e. The third kappa shape index (κ3) is 3.47. The summed E-state index contributed by atoms with van der Waals surface area (Å²) < 4.78 is 0. The van der Waals surface area contributed by atoms with Crippen LogP contribution in [0.5, 0.6) is 0 Å². The van der Waals surface area contributed by atoms with Crippen LogP contribution in [0.2, 0.25) is 0 Å². The molecule has 3 rings (SSSR count). The molecule has 2 fully saturated rings. The molecule has 0 bridgehead atoms. The predicted molar refractivity (Wildman–Crippen MR) is 83.8 cm³/mol. The minimum atomic E-state index is -0.447. The molecule has 1 aromatic rings. The number of carbonyl (C=O) groups is 2. The zero-order valence-electron chi connectivity index (χ0n) is 12.7. The first-order chi connectivity index (χ1) is 10.6. The van der Waals surface area contributed by atoms with E-state index in [1.807, 2.05) is 30.3 Å². The van der Waals surface area contributed by atoms with Crippen LogP contribution in [0.25, 0.3) is 0 Å². The van der Waals surface area contributed by atoms with Crippen molar-refractivity contribution in [3.05, 3.63) is 35.9 Å². The summed E-state index contributed by atoms with van der Waals surface area (Å²) in [5, 5.41) is 3.07. The van der Waals surface area contributed by atoms with Crippen molar-refractivity contribution < 1.29 is 9.59 Å². The van der Waals surface area contributed by atoms with Crippen LogP contribution >= 0.6 is 0 Å². The maximum Gasteiger partial charge on any atom is 0.239 e. The SMILES string of the molecule is NC(=O)C(c1ccccc1)N1CCCC(C(=O)NC2CC2)C1. The molecule has 118 valence electrons. The molecule has 2 aliphatic rings. The van der Waals surface area contributed by atoms with Gasteiger partial charge in [-0.05, 0) is 37.8 Å². The van der Waals surface area contributed by atoms with E-state index in [9.17, 15) is 9.59 Å². The van der Waals surface area contributed by atoms with Crippen LogP contribution in [0.3, 0.4) is 0 Å². The van der Waals surface area contributed by atoms with E-state index in [1.165, 1.54) is 0 Å². The summed E-state index contributed by atoms with van der Waals surface area (Å²) in [4.78, 5) is 26.3. The van der Waals surface area contributed by atoms with Gasteiger partial charge in [-0.25, -0.2) is 0 Å². The number of amides is 2. The van der Waals surface area contributed by atoms with Gasteiger partial charge in [0.05, 0.1) is 5.92 Å². The first kappa shape index (κ1) is 15.0. The second-order valence-corrected chi connectivity index (χ2v) is 6.33. The Morgan fingerprint density at radius 3 is 2.55 bits per heavy atom. The van der Waals surface area contributed by atoms with E-state index in [0.717, 1.165) is 37.8 Å². The number of piperidine rings is 1. The van der Waals surface area contributed by atoms with Crippen LogP contribution in [0.15, 0.2) is 30.3 Å². The van der Waals surface area contributed by atoms with Gasteiger partial charge in [-0.15, -0.1) is 0 Å². The minimum absolute atomic E-state index is 0.0417. The van der Waals surface area contributed by atoms with Gasteiger partial charge in [0.2, 0.25) is 11.8 Å². The van der Waals surface area contributed by atoms with Gasteiger partial charge in [0.1, 0.15) is 6.04 Å². The van der Waals surface area contributed by atoms with Crippen molar-refractivity contribution in [2.24, 2.45) is 11.7 Å². The van der Waals surface area contributed by atoms with Crippen molar-refractivity contribution in [3.63, 3.8) is 0 Å². The van der Waals surface area contributed by atoms with Crippen LogP contribution in [0, 0.1) is 5.92 Å². The van der Waals surface area contributed by atoms with Gasteiger partial charge in [0.25, 0.3) is 0 Å². The molecule has 2 amide bonds. The summed E-state index contributed by atoms with van der Waals surface area (Å²) in [6, 6.07) is 9.51. The lowest BCUT2D eigenvalue weighted by Crippen LogP contribution is -2.47. The maximum absolute atomic E-state index is 12.3. The molecule has 22 heavy (non-hydrogen) atoms. The standard InChI is InChI=1S/C17H23N3O2/c18-16(21)15(12-5-2-1-3-6-12)20-10-4-7-13(11-20)17(22)19-14-8-9-14/h1-3,5-6,13-15H,4,7-11H2,(H2,18,21)(H,19,22). The highest BCUT2D eigenvalue weighted by atomic mass is 16.2. The summed E-state index contributed by atoms with van der Waals surface area (Å²) in [5.41, 5.74) is 6.53. The lowest BCUT2D eigenvalue weighted by molar-refractivity contribution is -0.130. The molecule has 0 radical (unpaired) electrons. The number of carbonyl (C=O) groups excluding carboxylic acids is 2. The van der Waals surface area contributed by atoms with E-state index in [4.69, 9.17) is 5.73 Å². The first-order valence-corrected chi connectivity index (χ1v) is 8.04. The molecule has 1 aliphatic carbocycles. The van der Waals surface area contributed by atoms with E-state index in [1.54, 1.807) is 0 Å². The largest absolute Gasteiger partial charge is 0.368 e. The normalized spacial score (nSPS) is 23.7. The zero-order valence-corrected chi connectivity index (χ0v) is 12.7. The molecule has 1 heterocycles. The number of nitrogens with zero attached hydrogens (tertiary/aromatic N) is 1. The Morgan fingerprint density at radius 1 is 1.18 bits per heavy atom. The highest BCUT2D eigenvalue weighted by Gasteiger charge is 2.34. The molecule has 5 nitrogen and oxygen atoms in total. The van der Waals surface area contributed by atoms with Gasteiger partial charge in [0, 0.05) is 12.6 Å². The molecule has 0 aromatic heterocycles. The second-order valence-electron chi connectivity index (χ2n) is 6.33. The number of rotatable bonds is 5. The second kappa shape index (κ2) is 6.48. The molecular weight excluding hydrogens is 278 g/mol. The summed E-state index contributed by atoms with van der Waals surface area (Å²) in [6.07, 6.45) is 3.99. The Kier molecular flexibility index (Phi) is 4.43. The van der Waals surface area contributed by atoms with Crippen LogP contribution in [0.4, 0.5) is 0 Å². The van der Waals surface area contributed by atoms with Gasteiger partial charge in [-0.3, -0.25) is 14.5 Å². The summed E-state index contributed by atoms with van der Waals surface area (Å²) >= 11 is 0. The molecule has 2 atom stereocenters. The van der Waals surface area contributed by atoms with Gasteiger partial charge in [-0.1, -0.05) is 30.3 Å². The molecule has 1 aromatic carbocycles. The molecular formula is C17H23N3O2. The Labute approximate surface area is 130 Å². The fourth-order valence-electron chi connectivity index (χ4n) is 3.19. The number of hydrogen-bond acceptors (Lipinski definition) is 3. The Morgan fingerprint density at radius 2 is 1.91 bits per heavy atom. The van der Waals surface area contributed by atoms with E-state index in [0.29, 0.717) is 12.6 Å². The smallest absolute Gasteiger partial charge is 0.239 e. The van der Waals surface area contributed by atoms with Crippen molar-refractivity contribution in [1.82, 2.24) is 10.2 Å².